The number of rotatable bonds is 35. The number of carbonyl (C=O) groups excluding carboxylic acids is 3. The van der Waals surface area contributed by atoms with E-state index in [1.54, 1.807) is 52.7 Å². The number of nitrogens with one attached hydrogen (secondary N) is 4. The molecule has 12 heterocycles. The molecule has 0 bridgehead atoms. The number of nitrogen functional groups attached to an aromatic ring is 1. The van der Waals surface area contributed by atoms with Gasteiger partial charge in [-0.3, -0.25) is 44.2 Å². The summed E-state index contributed by atoms with van der Waals surface area (Å²) in [6.07, 6.45) is 10.5. The van der Waals surface area contributed by atoms with E-state index in [1.807, 2.05) is 0 Å². The van der Waals surface area contributed by atoms with E-state index in [2.05, 4.69) is 95.7 Å². The van der Waals surface area contributed by atoms with Gasteiger partial charge >= 0.3 is 5.97 Å². The molecule has 2 fully saturated rings. The molecule has 2 aromatic carbocycles. The number of aromatic amines is 1. The number of amides is 3. The number of ether oxygens (including phenoxy) is 15. The van der Waals surface area contributed by atoms with E-state index >= 15 is 0 Å². The van der Waals surface area contributed by atoms with Gasteiger partial charge in [0.25, 0.3) is 75.7 Å². The summed E-state index contributed by atoms with van der Waals surface area (Å²) >= 11 is 5.18. The minimum atomic E-state index is -1.32. The molecule has 54 heteroatoms. The van der Waals surface area contributed by atoms with Crippen LogP contribution >= 0.6 is 11.6 Å². The Morgan fingerprint density at radius 3 is 1.09 bits per heavy atom. The Balaban J connectivity index is 0.000000168. The number of methoxy groups -OCH3 is 8. The maximum atomic E-state index is 15.0. The van der Waals surface area contributed by atoms with Crippen molar-refractivity contribution in [3.8, 4) is 81.8 Å². The minimum Gasteiger partial charge on any atom is -0.485 e. The Bertz CT molecular complexity index is 6860. The zero-order valence-corrected chi connectivity index (χ0v) is 75.2. The van der Waals surface area contributed by atoms with E-state index < -0.39 is 102 Å². The Labute approximate surface area is 789 Å². The Hall–Kier alpha value is -17.2. The van der Waals surface area contributed by atoms with Crippen molar-refractivity contribution in [2.24, 2.45) is 10.8 Å². The van der Waals surface area contributed by atoms with Crippen molar-refractivity contribution in [1.29, 1.82) is 0 Å². The second kappa shape index (κ2) is 48.8. The van der Waals surface area contributed by atoms with E-state index in [9.17, 15) is 70.5 Å². The van der Waals surface area contributed by atoms with Crippen LogP contribution in [-0.2, 0) is 38.1 Å². The van der Waals surface area contributed by atoms with Crippen molar-refractivity contribution in [2.45, 2.75) is 25.7 Å². The van der Waals surface area contributed by atoms with Gasteiger partial charge in [-0.05, 0) is 74.2 Å². The van der Waals surface area contributed by atoms with Crippen molar-refractivity contribution in [3.05, 3.63) is 218 Å². The van der Waals surface area contributed by atoms with E-state index in [4.69, 9.17) is 93.5 Å². The standard InChI is InChI=1S/C27H24F2N6O6.C16H14FN5O6.C16H16FN5O4.C11H10FNO3.C11H13N3O4.C5H2ClFN2O2/c1-38-9-10-40-20-12-19-21(35-23(20)39-2)24(32-14-31-19)41-22-18(29)11-17(13-30-22)34-26(37)27(7-8-27)25(36)33-16-5-3-15(28)4-6-16;1-25-3-4-27-12-6-11-13(21-15(12)26-2)16(20-8-19-11)28-14-10(17)5-9(7-18-14)22(23)24;1-23-3-4-25-12-6-11-13(22-15(12)24-2)16(21-8-20-11)26-14-10(17)5-9(18)7-19-14;12-7-1-3-8(4-2-7)13-9(14)11(5-6-11)10(15)16;1-16-3-4-18-8-5-7-9(14-11(8)17-2)10(15)13-6-12-7;6-5-4(7)1-3(2-8-5)9(10)11/h3-6,11-14H,7-10H2,1-2H3,(H,33,36)(H,34,37);5-8H,3-4H2,1-2H3;5-8H,3-4,18H2,1-2H3;1-4H,5-6H2,(H,13,14)(H,15,16);5-6H,3-4H2,1-2H3,(H,12,13,15);1-2H. The molecule has 14 aromatic rings. The number of anilines is 4. The number of hydrogen-bond acceptors (Lipinski definition) is 40. The molecule has 47 nitrogen and oxygen atoms in total. The lowest BCUT2D eigenvalue weighted by Crippen LogP contribution is -2.35. The van der Waals surface area contributed by atoms with Crippen LogP contribution in [0.4, 0.5) is 60.5 Å². The van der Waals surface area contributed by atoms with E-state index in [0.717, 1.165) is 30.6 Å². The molecule has 12 aromatic heterocycles. The first-order valence-corrected chi connectivity index (χ1v) is 40.8. The van der Waals surface area contributed by atoms with Crippen molar-refractivity contribution in [3.63, 3.8) is 0 Å². The predicted molar refractivity (Wildman–Crippen MR) is 477 cm³/mol. The SMILES string of the molecule is COCCOc1cc2nc[nH]c(=O)c2nc1OC.COCCOc1cc2ncnc(Oc3ncc(N)cc3F)c2nc1OC.COCCOc1cc2ncnc(Oc3ncc(NC(=O)C4(C(=O)Nc5ccc(F)cc5)CC4)cc3F)c2nc1OC.COCCOc1cc2ncnc(Oc3ncc([N+](=O)[O-])cc3F)c2nc1OC.O=C(O)C1(C(=O)Nc2ccc(F)cc2)CC1.O=[N+]([O-])c1cnc(Cl)c(F)c1. The molecule has 0 spiro atoms. The molecule has 16 rings (SSSR count). The smallest absolute Gasteiger partial charge is 0.319 e. The average Bonchev–Trinajstić information content (AvgIpc) is 1.85. The number of pyridine rings is 8. The van der Waals surface area contributed by atoms with Gasteiger partial charge in [0.2, 0.25) is 17.7 Å². The molecule has 2 aliphatic carbocycles. The molecule has 2 saturated carbocycles. The summed E-state index contributed by atoms with van der Waals surface area (Å²) in [7, 11) is 12.0. The third-order valence-electron chi connectivity index (χ3n) is 18.9. The van der Waals surface area contributed by atoms with Gasteiger partial charge in [-0.25, -0.2) is 86.2 Å². The second-order valence-corrected chi connectivity index (χ2v) is 28.6. The first-order chi connectivity index (χ1) is 67.4. The van der Waals surface area contributed by atoms with Crippen LogP contribution in [0.2, 0.25) is 5.15 Å². The van der Waals surface area contributed by atoms with Crippen molar-refractivity contribution in [2.75, 3.05) is 131 Å². The number of nitrogens with two attached hydrogens (primary N) is 1. The molecule has 7 N–H and O–H groups in total. The topological polar surface area (TPSA) is 602 Å². The lowest BCUT2D eigenvalue weighted by molar-refractivity contribution is -0.385. The number of aliphatic carboxylic acids is 1. The fourth-order valence-electron chi connectivity index (χ4n) is 11.5. The summed E-state index contributed by atoms with van der Waals surface area (Å²) in [6.45, 7) is 2.78. The number of hydrogen-bond donors (Lipinski definition) is 6. The Morgan fingerprint density at radius 1 is 0.407 bits per heavy atom. The molecule has 732 valence electrons. The summed E-state index contributed by atoms with van der Waals surface area (Å²) in [4.78, 5) is 141. The molecule has 2 aliphatic rings. The van der Waals surface area contributed by atoms with Crippen LogP contribution in [-0.4, -0.2) is 228 Å². The monoisotopic (exact) mass is 1970 g/mol. The van der Waals surface area contributed by atoms with Crippen molar-refractivity contribution < 1.29 is 132 Å². The largest absolute Gasteiger partial charge is 0.485 e. The highest BCUT2D eigenvalue weighted by molar-refractivity contribution is 6.29. The predicted octanol–water partition coefficient (Wildman–Crippen LogP) is 11.9. The van der Waals surface area contributed by atoms with Crippen LogP contribution in [0.25, 0.3) is 44.1 Å². The number of carboxylic acids is 1. The zero-order valence-electron chi connectivity index (χ0n) is 74.4. The number of aromatic nitrogens is 16. The zero-order chi connectivity index (χ0) is 101. The highest BCUT2D eigenvalue weighted by Crippen LogP contribution is 2.49. The number of carboxylic acid groups (broad SMARTS) is 1. The number of benzene rings is 2. The minimum absolute atomic E-state index is 0.0193. The van der Waals surface area contributed by atoms with Crippen LogP contribution in [0.3, 0.4) is 0 Å². The van der Waals surface area contributed by atoms with Gasteiger partial charge in [0.15, 0.2) is 73.5 Å². The normalized spacial score (nSPS) is 12.1. The van der Waals surface area contributed by atoms with Gasteiger partial charge in [0, 0.05) is 76.2 Å². The first kappa shape index (κ1) is 103. The van der Waals surface area contributed by atoms with Gasteiger partial charge in [0.05, 0.1) is 107 Å². The Morgan fingerprint density at radius 2 is 0.743 bits per heavy atom. The number of halogens is 7. The number of nitrogens with zero attached hydrogens (tertiary/aromatic N) is 17. The molecule has 0 unspecified atom stereocenters. The molecule has 140 heavy (non-hydrogen) atoms. The van der Waals surface area contributed by atoms with Crippen LogP contribution in [0.5, 0.6) is 81.8 Å². The summed E-state index contributed by atoms with van der Waals surface area (Å²) in [5.41, 5.74) is 5.00. The maximum Gasteiger partial charge on any atom is 0.319 e. The number of H-pyrrole nitrogens is 1. The molecule has 0 saturated heterocycles. The number of carbonyl (C=O) groups is 4. The lowest BCUT2D eigenvalue weighted by Gasteiger charge is -2.16. The maximum absolute atomic E-state index is 15.0. The fourth-order valence-corrected chi connectivity index (χ4v) is 11.6. The third kappa shape index (κ3) is 27.1. The highest BCUT2D eigenvalue weighted by atomic mass is 35.5. The fraction of sp³-hybridized carbons (Fsp3) is 0.256. The van der Waals surface area contributed by atoms with Crippen molar-refractivity contribution in [1.82, 2.24) is 79.7 Å². The number of fused-ring (bicyclic) bond motifs is 4. The van der Waals surface area contributed by atoms with Crippen molar-refractivity contribution >= 4 is 114 Å². The molecule has 0 radical (unpaired) electrons. The molecule has 3 amide bonds. The number of nitro groups is 2. The third-order valence-corrected chi connectivity index (χ3v) is 19.2. The van der Waals surface area contributed by atoms with Crippen LogP contribution < -0.4 is 79.3 Å². The van der Waals surface area contributed by atoms with Gasteiger partial charge < -0.3 is 103 Å². The van der Waals surface area contributed by atoms with Crippen LogP contribution in [0.15, 0.2) is 152 Å². The molecular formula is C86H79ClF6N22O25. The Kier molecular flexibility index (Phi) is 36.0. The summed E-state index contributed by atoms with van der Waals surface area (Å²) in [6, 6.07) is 20.3. The summed E-state index contributed by atoms with van der Waals surface area (Å²) in [5.74, 6) is -6.36. The van der Waals surface area contributed by atoms with Gasteiger partial charge in [0.1, 0.15) is 102 Å². The average molecular weight is 1970 g/mol. The summed E-state index contributed by atoms with van der Waals surface area (Å²) in [5, 5.41) is 36.8. The quantitative estimate of drug-likeness (QED) is 0.00536. The summed E-state index contributed by atoms with van der Waals surface area (Å²) < 4.78 is 160. The van der Waals surface area contributed by atoms with Crippen LogP contribution in [0.1, 0.15) is 25.7 Å². The molecular weight excluding hydrogens is 1890 g/mol. The molecule has 0 aliphatic heterocycles. The van der Waals surface area contributed by atoms with Gasteiger partial charge in [-0.1, -0.05) is 11.6 Å². The van der Waals surface area contributed by atoms with Crippen LogP contribution in [0, 0.1) is 66.0 Å². The molecule has 0 atom stereocenters. The van der Waals surface area contributed by atoms with E-state index in [0.29, 0.717) is 128 Å². The lowest BCUT2D eigenvalue weighted by atomic mass is 10.0. The first-order valence-electron chi connectivity index (χ1n) is 40.4. The van der Waals surface area contributed by atoms with Gasteiger partial charge in [-0.15, -0.1) is 0 Å². The van der Waals surface area contributed by atoms with Gasteiger partial charge in [-0.2, -0.15) is 15.0 Å². The second-order valence-electron chi connectivity index (χ2n) is 28.3. The van der Waals surface area contributed by atoms with E-state index in [-0.39, 0.29) is 104 Å². The van der Waals surface area contributed by atoms with E-state index in [1.165, 1.54) is 115 Å². The highest BCUT2D eigenvalue weighted by Gasteiger charge is 2.58.